The van der Waals surface area contributed by atoms with Gasteiger partial charge in [0.15, 0.2) is 0 Å². The molecule has 0 radical (unpaired) electrons. The summed E-state index contributed by atoms with van der Waals surface area (Å²) < 4.78 is 13.9. The second-order valence-electron chi connectivity index (χ2n) is 6.13. The minimum Gasteiger partial charge on any atom is -0.385 e. The Hall–Kier alpha value is -0.410. The van der Waals surface area contributed by atoms with Crippen LogP contribution in [-0.4, -0.2) is 5.11 Å². The van der Waals surface area contributed by atoms with E-state index in [1.165, 1.54) is 6.07 Å². The van der Waals surface area contributed by atoms with E-state index in [4.69, 9.17) is 0 Å². The van der Waals surface area contributed by atoms with E-state index < -0.39 is 5.60 Å². The molecule has 1 aromatic rings. The van der Waals surface area contributed by atoms with E-state index in [-0.39, 0.29) is 11.2 Å². The molecule has 0 bridgehead atoms. The third-order valence-electron chi connectivity index (χ3n) is 3.85. The lowest BCUT2D eigenvalue weighted by atomic mass is 9.58. The Bertz CT molecular complexity index is 430. The minimum atomic E-state index is -0.834. The highest BCUT2D eigenvalue weighted by atomic mass is 79.9. The lowest BCUT2D eigenvalue weighted by Gasteiger charge is -2.50. The number of aliphatic hydroxyl groups is 1. The van der Waals surface area contributed by atoms with E-state index in [1.807, 2.05) is 0 Å². The second kappa shape index (κ2) is 4.06. The predicted molar refractivity (Wildman–Crippen MR) is 70.2 cm³/mol. The molecule has 0 spiro atoms. The van der Waals surface area contributed by atoms with E-state index in [9.17, 15) is 9.50 Å². The van der Waals surface area contributed by atoms with E-state index in [0.29, 0.717) is 16.0 Å². The lowest BCUT2D eigenvalue weighted by molar-refractivity contribution is -0.112. The molecule has 1 fully saturated rings. The maximum absolute atomic E-state index is 13.4. The Kier molecular flexibility index (Phi) is 3.11. The largest absolute Gasteiger partial charge is 0.385 e. The second-order valence-corrected chi connectivity index (χ2v) is 6.99. The summed E-state index contributed by atoms with van der Waals surface area (Å²) in [5, 5.41) is 10.4. The molecule has 17 heavy (non-hydrogen) atoms. The highest BCUT2D eigenvalue weighted by molar-refractivity contribution is 9.10. The fourth-order valence-corrected chi connectivity index (χ4v) is 2.64. The molecular formula is C14H18BrFO. The lowest BCUT2D eigenvalue weighted by Crippen LogP contribution is -2.46. The van der Waals surface area contributed by atoms with Crippen LogP contribution in [0.4, 0.5) is 4.39 Å². The predicted octanol–water partition coefficient (Wildman–Crippen LogP) is 4.23. The average Bonchev–Trinajstić information content (AvgIpc) is 2.16. The van der Waals surface area contributed by atoms with Gasteiger partial charge in [0.25, 0.3) is 0 Å². The van der Waals surface area contributed by atoms with Crippen molar-refractivity contribution in [3.63, 3.8) is 0 Å². The molecule has 1 aliphatic carbocycles. The fourth-order valence-electron chi connectivity index (χ4n) is 2.39. The summed E-state index contributed by atoms with van der Waals surface area (Å²) in [6.07, 6.45) is 1.44. The van der Waals surface area contributed by atoms with Crippen molar-refractivity contribution in [1.82, 2.24) is 0 Å². The molecule has 0 atom stereocenters. The molecule has 0 aromatic heterocycles. The normalized spacial score (nSPS) is 28.9. The first-order valence-electron chi connectivity index (χ1n) is 5.90. The molecule has 1 N–H and O–H groups in total. The van der Waals surface area contributed by atoms with Crippen LogP contribution in [0.2, 0.25) is 0 Å². The molecule has 94 valence electrons. The molecule has 2 rings (SSSR count). The van der Waals surface area contributed by atoms with Gasteiger partial charge in [-0.1, -0.05) is 26.8 Å². The fraction of sp³-hybridized carbons (Fsp3) is 0.571. The Balaban J connectivity index is 2.17. The van der Waals surface area contributed by atoms with Gasteiger partial charge in [-0.15, -0.1) is 0 Å². The molecule has 1 saturated carbocycles. The van der Waals surface area contributed by atoms with Crippen LogP contribution in [0, 0.1) is 17.2 Å². The number of hydrogen-bond donors (Lipinski definition) is 1. The van der Waals surface area contributed by atoms with E-state index in [0.717, 1.165) is 12.8 Å². The quantitative estimate of drug-likeness (QED) is 0.823. The van der Waals surface area contributed by atoms with Crippen molar-refractivity contribution < 1.29 is 9.50 Å². The molecule has 0 unspecified atom stereocenters. The Morgan fingerprint density at radius 2 is 1.94 bits per heavy atom. The number of hydrogen-bond acceptors (Lipinski definition) is 1. The number of halogens is 2. The van der Waals surface area contributed by atoms with Crippen molar-refractivity contribution in [1.29, 1.82) is 0 Å². The number of rotatable bonds is 1. The first-order valence-corrected chi connectivity index (χ1v) is 6.69. The topological polar surface area (TPSA) is 20.2 Å². The summed E-state index contributed by atoms with van der Waals surface area (Å²) in [6.45, 7) is 6.54. The highest BCUT2D eigenvalue weighted by Crippen LogP contribution is 2.52. The summed E-state index contributed by atoms with van der Waals surface area (Å²) in [7, 11) is 0. The standard InChI is InChI=1S/C14H18BrFO/c1-13(2,3)10-7-14(17,8-10)9-4-5-11(15)12(16)6-9/h4-6,10,17H,7-8H2,1-3H3. The van der Waals surface area contributed by atoms with Gasteiger partial charge in [-0.05, 0) is 57.8 Å². The first kappa shape index (κ1) is 13.0. The van der Waals surface area contributed by atoms with Crippen LogP contribution in [0.25, 0.3) is 0 Å². The van der Waals surface area contributed by atoms with Gasteiger partial charge in [-0.2, -0.15) is 0 Å². The molecule has 3 heteroatoms. The van der Waals surface area contributed by atoms with Crippen molar-refractivity contribution in [2.45, 2.75) is 39.2 Å². The Morgan fingerprint density at radius 1 is 1.35 bits per heavy atom. The van der Waals surface area contributed by atoms with Gasteiger partial charge >= 0.3 is 0 Å². The van der Waals surface area contributed by atoms with Crippen molar-refractivity contribution >= 4 is 15.9 Å². The monoisotopic (exact) mass is 300 g/mol. The van der Waals surface area contributed by atoms with Gasteiger partial charge in [0.1, 0.15) is 5.82 Å². The van der Waals surface area contributed by atoms with Gasteiger partial charge in [0.05, 0.1) is 10.1 Å². The molecule has 0 aliphatic heterocycles. The summed E-state index contributed by atoms with van der Waals surface area (Å²) in [5.41, 5.74) is 0.0679. The maximum Gasteiger partial charge on any atom is 0.137 e. The summed E-state index contributed by atoms with van der Waals surface area (Å²) in [5.74, 6) is 0.189. The molecule has 1 aliphatic rings. The van der Waals surface area contributed by atoms with Crippen LogP contribution in [0.3, 0.4) is 0 Å². The number of benzene rings is 1. The third kappa shape index (κ3) is 2.41. The SMILES string of the molecule is CC(C)(C)C1CC(O)(c2ccc(Br)c(F)c2)C1. The van der Waals surface area contributed by atoms with Crippen molar-refractivity contribution in [2.75, 3.05) is 0 Å². The zero-order valence-electron chi connectivity index (χ0n) is 10.4. The van der Waals surface area contributed by atoms with Crippen LogP contribution in [0.15, 0.2) is 22.7 Å². The molecule has 0 saturated heterocycles. The molecule has 0 amide bonds. The molecular weight excluding hydrogens is 283 g/mol. The summed E-state index contributed by atoms with van der Waals surface area (Å²) >= 11 is 3.12. The summed E-state index contributed by atoms with van der Waals surface area (Å²) in [4.78, 5) is 0. The van der Waals surface area contributed by atoms with E-state index in [2.05, 4.69) is 36.7 Å². The molecule has 1 nitrogen and oxygen atoms in total. The minimum absolute atomic E-state index is 0.208. The van der Waals surface area contributed by atoms with Crippen LogP contribution >= 0.6 is 15.9 Å². The van der Waals surface area contributed by atoms with Gasteiger partial charge in [-0.3, -0.25) is 0 Å². The Labute approximate surface area is 110 Å². The van der Waals surface area contributed by atoms with Crippen LogP contribution in [0.1, 0.15) is 39.2 Å². The van der Waals surface area contributed by atoms with Crippen molar-refractivity contribution in [2.24, 2.45) is 11.3 Å². The van der Waals surface area contributed by atoms with Crippen LogP contribution in [-0.2, 0) is 5.60 Å². The zero-order chi connectivity index (χ0) is 12.8. The van der Waals surface area contributed by atoms with Gasteiger partial charge in [0, 0.05) is 0 Å². The van der Waals surface area contributed by atoms with E-state index >= 15 is 0 Å². The van der Waals surface area contributed by atoms with Crippen LogP contribution < -0.4 is 0 Å². The maximum atomic E-state index is 13.4. The van der Waals surface area contributed by atoms with Crippen molar-refractivity contribution in [3.8, 4) is 0 Å². The van der Waals surface area contributed by atoms with Crippen LogP contribution in [0.5, 0.6) is 0 Å². The van der Waals surface area contributed by atoms with Crippen molar-refractivity contribution in [3.05, 3.63) is 34.1 Å². The highest BCUT2D eigenvalue weighted by Gasteiger charge is 2.48. The molecule has 1 aromatic carbocycles. The first-order chi connectivity index (χ1) is 7.72. The van der Waals surface area contributed by atoms with Gasteiger partial charge in [-0.25, -0.2) is 4.39 Å². The smallest absolute Gasteiger partial charge is 0.137 e. The average molecular weight is 301 g/mol. The summed E-state index contributed by atoms with van der Waals surface area (Å²) in [6, 6.07) is 4.89. The Morgan fingerprint density at radius 3 is 2.41 bits per heavy atom. The van der Waals surface area contributed by atoms with Gasteiger partial charge < -0.3 is 5.11 Å². The third-order valence-corrected chi connectivity index (χ3v) is 4.49. The zero-order valence-corrected chi connectivity index (χ0v) is 12.0. The van der Waals surface area contributed by atoms with Gasteiger partial charge in [0.2, 0.25) is 0 Å². The van der Waals surface area contributed by atoms with E-state index in [1.54, 1.807) is 12.1 Å². The molecule has 0 heterocycles.